The SMILES string of the molecule is O=C(CCOC[C@H](Nc1cn[nH]c(=O)c1C(F)(F)F)C1CCNCC1)N1CCN(c2ncc(C(F)(F)F)cn2)CC1. The number of nitrogens with zero attached hydrogens (tertiary/aromatic N) is 5. The van der Waals surface area contributed by atoms with Crippen LogP contribution in [0.1, 0.15) is 30.4 Å². The number of anilines is 2. The molecule has 2 aliphatic rings. The molecular formula is C24H30F6N8O3. The van der Waals surface area contributed by atoms with Gasteiger partial charge in [-0.05, 0) is 31.8 Å². The summed E-state index contributed by atoms with van der Waals surface area (Å²) >= 11 is 0. The lowest BCUT2D eigenvalue weighted by Gasteiger charge is -2.35. The standard InChI is InChI=1S/C24H30F6N8O3/c25-23(26,27)16-11-32-22(33-12-16)38-8-6-37(7-9-38)19(39)3-10-41-14-18(15-1-4-31-5-2-15)35-17-13-34-36-21(40)20(17)24(28,29)30/h11-13,15,18,31H,1-10,14H2,(H2,35,36,40)/t18-/m0/s1. The highest BCUT2D eigenvalue weighted by molar-refractivity contribution is 5.76. The molecule has 2 saturated heterocycles. The van der Waals surface area contributed by atoms with Crippen LogP contribution in [0.5, 0.6) is 0 Å². The number of amides is 1. The third-order valence-corrected chi connectivity index (χ3v) is 7.07. The summed E-state index contributed by atoms with van der Waals surface area (Å²) in [4.78, 5) is 35.4. The second kappa shape index (κ2) is 13.0. The van der Waals surface area contributed by atoms with Crippen LogP contribution in [0.4, 0.5) is 38.0 Å². The molecule has 0 aromatic carbocycles. The van der Waals surface area contributed by atoms with E-state index in [9.17, 15) is 35.9 Å². The van der Waals surface area contributed by atoms with E-state index in [1.165, 1.54) is 0 Å². The van der Waals surface area contributed by atoms with Gasteiger partial charge in [0.1, 0.15) is 5.56 Å². The zero-order chi connectivity index (χ0) is 29.6. The van der Waals surface area contributed by atoms with Crippen molar-refractivity contribution in [1.29, 1.82) is 0 Å². The van der Waals surface area contributed by atoms with E-state index in [1.807, 2.05) is 5.10 Å². The van der Waals surface area contributed by atoms with Crippen LogP contribution in [0, 0.1) is 5.92 Å². The summed E-state index contributed by atoms with van der Waals surface area (Å²) in [5.74, 6) is -0.0792. The number of hydrogen-bond donors (Lipinski definition) is 3. The van der Waals surface area contributed by atoms with Gasteiger partial charge in [0.05, 0.1) is 43.1 Å². The third-order valence-electron chi connectivity index (χ3n) is 7.07. The molecule has 11 nitrogen and oxygen atoms in total. The van der Waals surface area contributed by atoms with Crippen LogP contribution in [0.25, 0.3) is 0 Å². The predicted octanol–water partition coefficient (Wildman–Crippen LogP) is 2.13. The Balaban J connectivity index is 1.28. The molecule has 17 heteroatoms. The number of hydrogen-bond acceptors (Lipinski definition) is 9. The zero-order valence-electron chi connectivity index (χ0n) is 21.9. The zero-order valence-corrected chi connectivity index (χ0v) is 21.9. The highest BCUT2D eigenvalue weighted by Gasteiger charge is 2.38. The van der Waals surface area contributed by atoms with Gasteiger partial charge < -0.3 is 25.2 Å². The maximum Gasteiger partial charge on any atom is 0.423 e. The largest absolute Gasteiger partial charge is 0.423 e. The van der Waals surface area contributed by atoms with Gasteiger partial charge in [-0.3, -0.25) is 9.59 Å². The number of rotatable bonds is 9. The first kappa shape index (κ1) is 30.5. The number of H-pyrrole nitrogens is 1. The van der Waals surface area contributed by atoms with E-state index in [1.54, 1.807) is 9.80 Å². The number of piperazine rings is 1. The number of alkyl halides is 6. The minimum Gasteiger partial charge on any atom is -0.379 e. The summed E-state index contributed by atoms with van der Waals surface area (Å²) in [6.45, 7) is 2.73. The van der Waals surface area contributed by atoms with E-state index in [2.05, 4.69) is 25.7 Å². The average Bonchev–Trinajstić information content (AvgIpc) is 2.94. The Bertz CT molecular complexity index is 1210. The quantitative estimate of drug-likeness (QED) is 0.296. The van der Waals surface area contributed by atoms with Crippen molar-refractivity contribution in [3.05, 3.63) is 40.1 Å². The van der Waals surface area contributed by atoms with Crippen LogP contribution in [0.2, 0.25) is 0 Å². The lowest BCUT2D eigenvalue weighted by molar-refractivity contribution is -0.139. The third kappa shape index (κ3) is 8.06. The molecular weight excluding hydrogens is 562 g/mol. The molecule has 0 bridgehead atoms. The molecule has 226 valence electrons. The molecule has 0 aliphatic carbocycles. The van der Waals surface area contributed by atoms with Crippen LogP contribution < -0.4 is 21.1 Å². The Kier molecular flexibility index (Phi) is 9.68. The summed E-state index contributed by atoms with van der Waals surface area (Å²) in [6, 6.07) is -0.552. The summed E-state index contributed by atoms with van der Waals surface area (Å²) < 4.78 is 84.5. The number of ether oxygens (including phenoxy) is 1. The second-order valence-corrected chi connectivity index (χ2v) is 9.79. The topological polar surface area (TPSA) is 128 Å². The Morgan fingerprint density at radius 3 is 2.29 bits per heavy atom. The van der Waals surface area contributed by atoms with Gasteiger partial charge in [-0.1, -0.05) is 0 Å². The van der Waals surface area contributed by atoms with Crippen LogP contribution >= 0.6 is 0 Å². The first-order valence-electron chi connectivity index (χ1n) is 13.1. The van der Waals surface area contributed by atoms with E-state index in [-0.39, 0.29) is 37.4 Å². The fourth-order valence-electron chi connectivity index (χ4n) is 4.85. The second-order valence-electron chi connectivity index (χ2n) is 9.79. The normalized spacial score (nSPS) is 17.9. The van der Waals surface area contributed by atoms with Crippen LogP contribution in [0.15, 0.2) is 23.4 Å². The van der Waals surface area contributed by atoms with Crippen molar-refractivity contribution >= 4 is 17.5 Å². The lowest BCUT2D eigenvalue weighted by Crippen LogP contribution is -2.49. The molecule has 4 rings (SSSR count). The van der Waals surface area contributed by atoms with E-state index in [4.69, 9.17) is 4.74 Å². The van der Waals surface area contributed by atoms with Crippen LogP contribution in [-0.2, 0) is 21.9 Å². The van der Waals surface area contributed by atoms with E-state index in [0.29, 0.717) is 52.1 Å². The van der Waals surface area contributed by atoms with Crippen LogP contribution in [0.3, 0.4) is 0 Å². The summed E-state index contributed by atoms with van der Waals surface area (Å²) in [6.07, 6.45) is -5.63. The smallest absolute Gasteiger partial charge is 0.379 e. The Morgan fingerprint density at radius 2 is 1.68 bits per heavy atom. The molecule has 2 aromatic heterocycles. The monoisotopic (exact) mass is 592 g/mol. The fourth-order valence-corrected chi connectivity index (χ4v) is 4.85. The Hall–Kier alpha value is -3.47. The minimum absolute atomic E-state index is 0.0150. The van der Waals surface area contributed by atoms with Crippen molar-refractivity contribution in [3.63, 3.8) is 0 Å². The number of carbonyl (C=O) groups excluding carboxylic acids is 1. The van der Waals surface area contributed by atoms with Gasteiger partial charge in [-0.2, -0.15) is 31.4 Å². The Morgan fingerprint density at radius 1 is 1.02 bits per heavy atom. The number of carbonyl (C=O) groups is 1. The van der Waals surface area contributed by atoms with Gasteiger partial charge in [0.15, 0.2) is 0 Å². The molecule has 2 fully saturated rings. The molecule has 1 atom stereocenters. The number of halogens is 6. The van der Waals surface area contributed by atoms with Gasteiger partial charge in [0.25, 0.3) is 5.56 Å². The number of aromatic nitrogens is 4. The maximum atomic E-state index is 13.5. The molecule has 0 radical (unpaired) electrons. The predicted molar refractivity (Wildman–Crippen MR) is 134 cm³/mol. The highest BCUT2D eigenvalue weighted by Crippen LogP contribution is 2.33. The van der Waals surface area contributed by atoms with Gasteiger partial charge in [0.2, 0.25) is 11.9 Å². The van der Waals surface area contributed by atoms with Crippen molar-refractivity contribution in [1.82, 2.24) is 30.4 Å². The summed E-state index contributed by atoms with van der Waals surface area (Å²) in [7, 11) is 0. The fraction of sp³-hybridized carbons (Fsp3) is 0.625. The van der Waals surface area contributed by atoms with E-state index < -0.39 is 40.8 Å². The van der Waals surface area contributed by atoms with Crippen LogP contribution in [-0.4, -0.2) is 89.5 Å². The van der Waals surface area contributed by atoms with E-state index in [0.717, 1.165) is 18.6 Å². The Labute approximate surface area is 230 Å². The first-order valence-corrected chi connectivity index (χ1v) is 13.1. The molecule has 3 N–H and O–H groups in total. The van der Waals surface area contributed by atoms with Crippen molar-refractivity contribution in [2.24, 2.45) is 5.92 Å². The number of aromatic amines is 1. The van der Waals surface area contributed by atoms with Crippen molar-refractivity contribution in [2.45, 2.75) is 37.7 Å². The molecule has 2 aromatic rings. The van der Waals surface area contributed by atoms with Crippen molar-refractivity contribution < 1.29 is 35.9 Å². The minimum atomic E-state index is -4.88. The van der Waals surface area contributed by atoms with Crippen molar-refractivity contribution in [3.8, 4) is 0 Å². The summed E-state index contributed by atoms with van der Waals surface area (Å²) in [5, 5.41) is 11.3. The molecule has 2 aliphatic heterocycles. The lowest BCUT2D eigenvalue weighted by atomic mass is 9.90. The van der Waals surface area contributed by atoms with Crippen molar-refractivity contribution in [2.75, 3.05) is 62.7 Å². The maximum absolute atomic E-state index is 13.5. The van der Waals surface area contributed by atoms with Gasteiger partial charge in [0, 0.05) is 38.6 Å². The molecule has 4 heterocycles. The number of piperidine rings is 1. The molecule has 1 amide bonds. The van der Waals surface area contributed by atoms with E-state index >= 15 is 0 Å². The first-order chi connectivity index (χ1) is 19.4. The number of nitrogens with one attached hydrogen (secondary N) is 3. The van der Waals surface area contributed by atoms with Gasteiger partial charge in [-0.15, -0.1) is 0 Å². The highest BCUT2D eigenvalue weighted by atomic mass is 19.4. The van der Waals surface area contributed by atoms with Gasteiger partial charge >= 0.3 is 12.4 Å². The molecule has 41 heavy (non-hydrogen) atoms. The molecule has 0 saturated carbocycles. The molecule has 0 unspecified atom stereocenters. The molecule has 0 spiro atoms. The summed E-state index contributed by atoms with van der Waals surface area (Å²) in [5.41, 5.74) is -4.08. The van der Waals surface area contributed by atoms with Gasteiger partial charge in [-0.25, -0.2) is 15.1 Å². The average molecular weight is 593 g/mol.